The van der Waals surface area contributed by atoms with Gasteiger partial charge in [-0.1, -0.05) is 39.0 Å². The lowest BCUT2D eigenvalue weighted by atomic mass is 9.81. The Hall–Kier alpha value is -3.40. The van der Waals surface area contributed by atoms with Crippen molar-refractivity contribution in [3.63, 3.8) is 0 Å². The number of amides is 1. The number of ether oxygens (including phenoxy) is 2. The number of methoxy groups -OCH3 is 1. The van der Waals surface area contributed by atoms with E-state index in [9.17, 15) is 27.9 Å². The molecule has 2 N–H and O–H groups in total. The summed E-state index contributed by atoms with van der Waals surface area (Å²) in [5.74, 6) is -0.933. The van der Waals surface area contributed by atoms with E-state index in [1.54, 1.807) is 44.2 Å². The van der Waals surface area contributed by atoms with E-state index in [1.165, 1.54) is 31.4 Å². The van der Waals surface area contributed by atoms with Crippen molar-refractivity contribution >= 4 is 34.4 Å². The average molecular weight is 536 g/mol. The number of nitrogens with one attached hydrogen (secondary N) is 1. The molecule has 3 rings (SSSR count). The molecule has 0 fully saturated rings. The Morgan fingerprint density at radius 3 is 2.30 bits per heavy atom. The second-order valence-electron chi connectivity index (χ2n) is 9.10. The molecule has 0 aromatic heterocycles. The van der Waals surface area contributed by atoms with Crippen molar-refractivity contribution in [3.8, 4) is 11.5 Å². The minimum absolute atomic E-state index is 0.0226. The molecule has 0 radical (unpaired) electrons. The van der Waals surface area contributed by atoms with E-state index in [-0.39, 0.29) is 34.6 Å². The Balaban J connectivity index is 1.95. The largest absolute Gasteiger partial charge is 0.497 e. The van der Waals surface area contributed by atoms with Gasteiger partial charge < -0.3 is 19.9 Å². The lowest BCUT2D eigenvalue weighted by molar-refractivity contribution is -0.142. The Bertz CT molecular complexity index is 1280. The zero-order chi connectivity index (χ0) is 27.4. The molecule has 0 heterocycles. The Kier molecular flexibility index (Phi) is 8.63. The van der Waals surface area contributed by atoms with Crippen LogP contribution >= 0.6 is 11.8 Å². The number of alkyl halides is 3. The zero-order valence-corrected chi connectivity index (χ0v) is 21.6. The third-order valence-corrected chi connectivity index (χ3v) is 6.92. The Morgan fingerprint density at radius 2 is 1.73 bits per heavy atom. The van der Waals surface area contributed by atoms with Crippen LogP contribution in [-0.2, 0) is 11.4 Å². The summed E-state index contributed by atoms with van der Waals surface area (Å²) in [6.07, 6.45) is 0.522. The number of hydrogen-bond donors (Lipinski definition) is 2. The molecule has 1 amide bonds. The highest BCUT2D eigenvalue weighted by atomic mass is 32.2. The van der Waals surface area contributed by atoms with Gasteiger partial charge in [0.1, 0.15) is 24.1 Å². The molecule has 0 aliphatic carbocycles. The van der Waals surface area contributed by atoms with Gasteiger partial charge in [-0.25, -0.2) is 4.79 Å². The van der Waals surface area contributed by atoms with Gasteiger partial charge in [0.2, 0.25) is 0 Å². The number of carbonyl (C=O) groups excluding carboxylic acids is 1. The van der Waals surface area contributed by atoms with Gasteiger partial charge in [-0.2, -0.15) is 13.2 Å². The lowest BCUT2D eigenvalue weighted by Crippen LogP contribution is -2.50. The van der Waals surface area contributed by atoms with Gasteiger partial charge in [-0.05, 0) is 70.9 Å². The van der Waals surface area contributed by atoms with Crippen molar-refractivity contribution in [3.05, 3.63) is 65.7 Å². The van der Waals surface area contributed by atoms with Gasteiger partial charge in [0, 0.05) is 10.3 Å². The SMILES string of the molecule is CCC(C)(C)C(NC(=O)c1ccc2cc(OC)ccc2c1OCc1ccc(SC(F)(F)F)cc1)C(=O)O. The molecule has 0 saturated heterocycles. The summed E-state index contributed by atoms with van der Waals surface area (Å²) >= 11 is -0.206. The second-order valence-corrected chi connectivity index (χ2v) is 10.2. The van der Waals surface area contributed by atoms with E-state index >= 15 is 0 Å². The van der Waals surface area contributed by atoms with Crippen molar-refractivity contribution in [2.75, 3.05) is 7.11 Å². The quantitative estimate of drug-likeness (QED) is 0.283. The summed E-state index contributed by atoms with van der Waals surface area (Å²) in [6.45, 7) is 5.34. The van der Waals surface area contributed by atoms with Gasteiger partial charge in [0.25, 0.3) is 5.91 Å². The molecule has 0 aliphatic heterocycles. The topological polar surface area (TPSA) is 84.9 Å². The summed E-state index contributed by atoms with van der Waals surface area (Å²) in [6, 6.07) is 13.1. The number of benzene rings is 3. The van der Waals surface area contributed by atoms with Crippen LogP contribution in [0.4, 0.5) is 13.2 Å². The van der Waals surface area contributed by atoms with Gasteiger partial charge >= 0.3 is 11.5 Å². The first-order valence-corrected chi connectivity index (χ1v) is 12.3. The van der Waals surface area contributed by atoms with E-state index < -0.39 is 28.8 Å². The average Bonchev–Trinajstić information content (AvgIpc) is 2.84. The first-order valence-electron chi connectivity index (χ1n) is 11.5. The van der Waals surface area contributed by atoms with Crippen molar-refractivity contribution in [2.24, 2.45) is 5.41 Å². The van der Waals surface area contributed by atoms with E-state index in [1.807, 2.05) is 6.92 Å². The van der Waals surface area contributed by atoms with Crippen molar-refractivity contribution in [1.82, 2.24) is 5.32 Å². The number of hydrogen-bond acceptors (Lipinski definition) is 5. The Labute approximate surface area is 217 Å². The predicted octanol–water partition coefficient (Wildman–Crippen LogP) is 6.66. The van der Waals surface area contributed by atoms with Crippen LogP contribution in [-0.4, -0.2) is 35.6 Å². The standard InChI is InChI=1S/C27H28F3NO5S/c1-5-26(2,3)23(25(33)34)31-24(32)21-12-8-17-14-18(35-4)9-13-20(17)22(21)36-15-16-6-10-19(11-7-16)37-27(28,29)30/h6-14,23H,5,15H2,1-4H3,(H,31,32)(H,33,34). The maximum atomic E-state index is 13.3. The van der Waals surface area contributed by atoms with Crippen LogP contribution in [0.25, 0.3) is 10.8 Å². The third-order valence-electron chi connectivity index (χ3n) is 6.18. The maximum Gasteiger partial charge on any atom is 0.446 e. The maximum absolute atomic E-state index is 13.3. The minimum atomic E-state index is -4.38. The van der Waals surface area contributed by atoms with E-state index in [2.05, 4.69) is 5.32 Å². The molecule has 198 valence electrons. The summed E-state index contributed by atoms with van der Waals surface area (Å²) in [4.78, 5) is 25.3. The molecule has 6 nitrogen and oxygen atoms in total. The Morgan fingerprint density at radius 1 is 1.05 bits per heavy atom. The number of fused-ring (bicyclic) bond motifs is 1. The van der Waals surface area contributed by atoms with E-state index in [0.29, 0.717) is 23.1 Å². The third kappa shape index (κ3) is 7.09. The van der Waals surface area contributed by atoms with E-state index in [4.69, 9.17) is 9.47 Å². The zero-order valence-electron chi connectivity index (χ0n) is 20.8. The minimum Gasteiger partial charge on any atom is -0.497 e. The molecule has 1 atom stereocenters. The van der Waals surface area contributed by atoms with Gasteiger partial charge in [-0.3, -0.25) is 4.79 Å². The highest BCUT2D eigenvalue weighted by Crippen LogP contribution is 2.37. The second kappa shape index (κ2) is 11.3. The summed E-state index contributed by atoms with van der Waals surface area (Å²) in [5, 5.41) is 13.7. The lowest BCUT2D eigenvalue weighted by Gasteiger charge is -2.31. The molecule has 1 unspecified atom stereocenters. The van der Waals surface area contributed by atoms with Crippen LogP contribution in [0.15, 0.2) is 59.5 Å². The smallest absolute Gasteiger partial charge is 0.446 e. The number of halogens is 3. The van der Waals surface area contributed by atoms with Gasteiger partial charge in [0.15, 0.2) is 0 Å². The molecular weight excluding hydrogens is 507 g/mol. The highest BCUT2D eigenvalue weighted by Gasteiger charge is 2.36. The molecule has 0 bridgehead atoms. The molecule has 10 heteroatoms. The number of rotatable bonds is 10. The molecule has 3 aromatic carbocycles. The van der Waals surface area contributed by atoms with Crippen LogP contribution in [0.1, 0.15) is 43.1 Å². The van der Waals surface area contributed by atoms with E-state index in [0.717, 1.165) is 5.39 Å². The number of aliphatic carboxylic acids is 1. The van der Waals surface area contributed by atoms with Crippen molar-refractivity contribution in [2.45, 2.75) is 50.2 Å². The van der Waals surface area contributed by atoms with Crippen molar-refractivity contribution < 1.29 is 37.3 Å². The number of carbonyl (C=O) groups is 2. The molecule has 3 aromatic rings. The monoisotopic (exact) mass is 535 g/mol. The normalized spacial score (nSPS) is 12.7. The summed E-state index contributed by atoms with van der Waals surface area (Å²) in [5.41, 5.74) is -4.35. The number of carboxylic acid groups (broad SMARTS) is 1. The fourth-order valence-corrected chi connectivity index (χ4v) is 4.23. The number of carboxylic acids is 1. The summed E-state index contributed by atoms with van der Waals surface area (Å²) in [7, 11) is 1.53. The van der Waals surface area contributed by atoms with Crippen LogP contribution in [0.5, 0.6) is 11.5 Å². The molecular formula is C27H28F3NO5S. The summed E-state index contributed by atoms with van der Waals surface area (Å²) < 4.78 is 49.2. The van der Waals surface area contributed by atoms with Gasteiger partial charge in [0.05, 0.1) is 12.7 Å². The highest BCUT2D eigenvalue weighted by molar-refractivity contribution is 8.00. The van der Waals surface area contributed by atoms with Crippen molar-refractivity contribution in [1.29, 1.82) is 0 Å². The van der Waals surface area contributed by atoms with Gasteiger partial charge in [-0.15, -0.1) is 0 Å². The first-order chi connectivity index (χ1) is 17.3. The molecule has 0 aliphatic rings. The predicted molar refractivity (Wildman–Crippen MR) is 136 cm³/mol. The molecule has 0 spiro atoms. The molecule has 37 heavy (non-hydrogen) atoms. The fourth-order valence-electron chi connectivity index (χ4n) is 3.69. The van der Waals surface area contributed by atoms with Crippen LogP contribution in [0, 0.1) is 5.41 Å². The first kappa shape index (κ1) is 28.2. The van der Waals surface area contributed by atoms with Crippen LogP contribution in [0.3, 0.4) is 0 Å². The fraction of sp³-hybridized carbons (Fsp3) is 0.333. The molecule has 0 saturated carbocycles. The number of thioether (sulfide) groups is 1. The van der Waals surface area contributed by atoms with Crippen LogP contribution < -0.4 is 14.8 Å². The van der Waals surface area contributed by atoms with Crippen LogP contribution in [0.2, 0.25) is 0 Å².